The molecule has 5 heteroatoms. The van der Waals surface area contributed by atoms with E-state index in [1.807, 2.05) is 6.92 Å². The molecule has 0 saturated heterocycles. The molecule has 4 nitrogen and oxygen atoms in total. The molecule has 21 heavy (non-hydrogen) atoms. The topological polar surface area (TPSA) is 52.0 Å². The molecule has 0 aliphatic heterocycles. The van der Waals surface area contributed by atoms with Gasteiger partial charge in [-0.15, -0.1) is 0 Å². The Balaban J connectivity index is 2.31. The summed E-state index contributed by atoms with van der Waals surface area (Å²) in [6.07, 6.45) is 2.20. The lowest BCUT2D eigenvalue weighted by Crippen LogP contribution is -2.23. The Kier molecular flexibility index (Phi) is 4.31. The Bertz CT molecular complexity index is 691. The van der Waals surface area contributed by atoms with Crippen LogP contribution in [0.3, 0.4) is 0 Å². The van der Waals surface area contributed by atoms with E-state index in [0.29, 0.717) is 17.7 Å². The van der Waals surface area contributed by atoms with E-state index in [4.69, 9.17) is 0 Å². The number of carbonyl (C=O) groups excluding carboxylic acids is 2. The fraction of sp³-hybridized carbons (Fsp3) is 0.312. The number of hydrogen-bond donors (Lipinski definition) is 0. The average Bonchev–Trinajstić information content (AvgIpc) is 2.86. The first kappa shape index (κ1) is 15.1. The van der Waals surface area contributed by atoms with Crippen LogP contribution in [0.5, 0.6) is 0 Å². The molecule has 0 fully saturated rings. The molecule has 2 rings (SSSR count). The first-order valence-electron chi connectivity index (χ1n) is 6.81. The Morgan fingerprint density at radius 3 is 2.48 bits per heavy atom. The summed E-state index contributed by atoms with van der Waals surface area (Å²) in [7, 11) is 1.72. The Hall–Kier alpha value is -2.30. The van der Waals surface area contributed by atoms with Crippen LogP contribution in [0.15, 0.2) is 30.5 Å². The van der Waals surface area contributed by atoms with Crippen molar-refractivity contribution in [3.8, 4) is 0 Å². The van der Waals surface area contributed by atoms with E-state index < -0.39 is 17.5 Å². The van der Waals surface area contributed by atoms with Crippen molar-refractivity contribution in [1.29, 1.82) is 0 Å². The fourth-order valence-corrected chi connectivity index (χ4v) is 2.25. The van der Waals surface area contributed by atoms with Crippen LogP contribution in [-0.2, 0) is 13.5 Å². The number of aryl methyl sites for hydroxylation is 2. The van der Waals surface area contributed by atoms with Gasteiger partial charge in [-0.3, -0.25) is 14.3 Å². The van der Waals surface area contributed by atoms with Gasteiger partial charge in [0, 0.05) is 13.2 Å². The number of benzene rings is 1. The van der Waals surface area contributed by atoms with Crippen LogP contribution < -0.4 is 0 Å². The molecule has 0 saturated carbocycles. The van der Waals surface area contributed by atoms with Crippen LogP contribution in [0.1, 0.15) is 40.3 Å². The second kappa shape index (κ2) is 5.99. The number of aromatic nitrogens is 2. The van der Waals surface area contributed by atoms with Crippen LogP contribution in [0, 0.1) is 11.7 Å². The number of Topliss-reactive ketones (excluding diaryl/α,β-unsaturated/α-hetero) is 2. The van der Waals surface area contributed by atoms with Crippen LogP contribution in [0.25, 0.3) is 0 Å². The summed E-state index contributed by atoms with van der Waals surface area (Å²) in [5.41, 5.74) is 1.02. The van der Waals surface area contributed by atoms with Crippen molar-refractivity contribution in [2.45, 2.75) is 20.3 Å². The van der Waals surface area contributed by atoms with E-state index in [0.717, 1.165) is 0 Å². The van der Waals surface area contributed by atoms with E-state index in [9.17, 15) is 14.0 Å². The zero-order chi connectivity index (χ0) is 15.6. The van der Waals surface area contributed by atoms with E-state index in [1.54, 1.807) is 24.0 Å². The van der Waals surface area contributed by atoms with E-state index >= 15 is 0 Å². The minimum absolute atomic E-state index is 0.0553. The smallest absolute Gasteiger partial charge is 0.176 e. The van der Waals surface area contributed by atoms with Crippen LogP contribution >= 0.6 is 0 Å². The number of nitrogens with zero attached hydrogens (tertiary/aromatic N) is 2. The summed E-state index contributed by atoms with van der Waals surface area (Å²) >= 11 is 0. The largest absolute Gasteiger partial charge is 0.293 e. The zero-order valence-electron chi connectivity index (χ0n) is 12.3. The zero-order valence-corrected chi connectivity index (χ0v) is 12.3. The van der Waals surface area contributed by atoms with Gasteiger partial charge in [-0.05, 0) is 25.5 Å². The normalized spacial score (nSPS) is 12.2. The minimum Gasteiger partial charge on any atom is -0.293 e. The average molecular weight is 288 g/mol. The lowest BCUT2D eigenvalue weighted by Gasteiger charge is -2.10. The summed E-state index contributed by atoms with van der Waals surface area (Å²) in [4.78, 5) is 24.8. The van der Waals surface area contributed by atoms with Gasteiger partial charge < -0.3 is 0 Å². The molecule has 1 heterocycles. The maximum atomic E-state index is 13.7. The van der Waals surface area contributed by atoms with Crippen molar-refractivity contribution in [3.05, 3.63) is 53.1 Å². The van der Waals surface area contributed by atoms with Crippen molar-refractivity contribution in [2.24, 2.45) is 13.0 Å². The second-order valence-electron chi connectivity index (χ2n) is 4.95. The number of ketones is 2. The molecule has 1 aromatic heterocycles. The van der Waals surface area contributed by atoms with Crippen molar-refractivity contribution in [1.82, 2.24) is 9.78 Å². The third kappa shape index (κ3) is 2.91. The minimum atomic E-state index is -0.934. The highest BCUT2D eigenvalue weighted by molar-refractivity contribution is 6.16. The van der Waals surface area contributed by atoms with Crippen LogP contribution in [0.2, 0.25) is 0 Å². The predicted octanol–water partition coefficient (Wildman–Crippen LogP) is 2.82. The summed E-state index contributed by atoms with van der Waals surface area (Å²) < 4.78 is 15.2. The van der Waals surface area contributed by atoms with E-state index in [-0.39, 0.29) is 11.3 Å². The highest BCUT2D eigenvalue weighted by Crippen LogP contribution is 2.19. The van der Waals surface area contributed by atoms with Gasteiger partial charge in [0.15, 0.2) is 11.6 Å². The van der Waals surface area contributed by atoms with Crippen molar-refractivity contribution in [3.63, 3.8) is 0 Å². The molecule has 1 unspecified atom stereocenters. The third-order valence-electron chi connectivity index (χ3n) is 3.43. The molecule has 0 aliphatic carbocycles. The molecule has 0 N–H and O–H groups in total. The maximum Gasteiger partial charge on any atom is 0.176 e. The predicted molar refractivity (Wildman–Crippen MR) is 76.8 cm³/mol. The summed E-state index contributed by atoms with van der Waals surface area (Å²) in [5.74, 6) is -2.38. The molecule has 0 amide bonds. The van der Waals surface area contributed by atoms with Crippen molar-refractivity contribution >= 4 is 11.6 Å². The summed E-state index contributed by atoms with van der Waals surface area (Å²) in [5, 5.41) is 4.19. The monoisotopic (exact) mass is 288 g/mol. The molecular weight excluding hydrogens is 271 g/mol. The number of carbonyl (C=O) groups is 2. The van der Waals surface area contributed by atoms with Gasteiger partial charge >= 0.3 is 0 Å². The van der Waals surface area contributed by atoms with Gasteiger partial charge in [0.2, 0.25) is 0 Å². The standard InChI is InChI=1S/C16H17FN2O2/c1-4-14-12(9-19(3)18-14)16(21)10(2)15(20)11-7-5-6-8-13(11)17/h5-10H,4H2,1-3H3. The fourth-order valence-electron chi connectivity index (χ4n) is 2.25. The van der Waals surface area contributed by atoms with Gasteiger partial charge in [0.1, 0.15) is 5.82 Å². The lowest BCUT2D eigenvalue weighted by molar-refractivity contribution is 0.0818. The quantitative estimate of drug-likeness (QED) is 0.628. The maximum absolute atomic E-state index is 13.7. The molecule has 0 bridgehead atoms. The molecule has 0 spiro atoms. The lowest BCUT2D eigenvalue weighted by atomic mass is 9.91. The molecule has 110 valence electrons. The second-order valence-corrected chi connectivity index (χ2v) is 4.95. The summed E-state index contributed by atoms with van der Waals surface area (Å²) in [6.45, 7) is 3.39. The molecule has 2 aromatic rings. The Morgan fingerprint density at radius 1 is 1.24 bits per heavy atom. The van der Waals surface area contributed by atoms with Gasteiger partial charge in [-0.25, -0.2) is 4.39 Å². The highest BCUT2D eigenvalue weighted by atomic mass is 19.1. The number of hydrogen-bond acceptors (Lipinski definition) is 3. The first-order valence-corrected chi connectivity index (χ1v) is 6.81. The van der Waals surface area contributed by atoms with Gasteiger partial charge in [-0.1, -0.05) is 19.1 Å². The first-order chi connectivity index (χ1) is 9.95. The molecule has 0 radical (unpaired) electrons. The Morgan fingerprint density at radius 2 is 1.86 bits per heavy atom. The Labute approximate surface area is 122 Å². The molecule has 1 aromatic carbocycles. The number of halogens is 1. The SMILES string of the molecule is CCc1nn(C)cc1C(=O)C(C)C(=O)c1ccccc1F. The third-order valence-corrected chi connectivity index (χ3v) is 3.43. The van der Waals surface area contributed by atoms with Crippen LogP contribution in [-0.4, -0.2) is 21.3 Å². The van der Waals surface area contributed by atoms with Gasteiger partial charge in [0.05, 0.1) is 22.7 Å². The molecule has 1 atom stereocenters. The van der Waals surface area contributed by atoms with Crippen molar-refractivity contribution < 1.29 is 14.0 Å². The van der Waals surface area contributed by atoms with E-state index in [2.05, 4.69) is 5.10 Å². The van der Waals surface area contributed by atoms with Crippen molar-refractivity contribution in [2.75, 3.05) is 0 Å². The molecule has 0 aliphatic rings. The van der Waals surface area contributed by atoms with Crippen LogP contribution in [0.4, 0.5) is 4.39 Å². The molecular formula is C16H17FN2O2. The van der Waals surface area contributed by atoms with E-state index in [1.165, 1.54) is 25.1 Å². The van der Waals surface area contributed by atoms with Gasteiger partial charge in [-0.2, -0.15) is 5.10 Å². The van der Waals surface area contributed by atoms with Gasteiger partial charge in [0.25, 0.3) is 0 Å². The number of rotatable bonds is 5. The highest BCUT2D eigenvalue weighted by Gasteiger charge is 2.28. The summed E-state index contributed by atoms with van der Waals surface area (Å²) in [6, 6.07) is 5.70.